The molecule has 4 nitrogen and oxygen atoms in total. The molecule has 0 radical (unpaired) electrons. The largest absolute Gasteiger partial charge is 0.383 e. The zero-order valence-corrected chi connectivity index (χ0v) is 7.06. The molecule has 0 saturated heterocycles. The fourth-order valence-electron chi connectivity index (χ4n) is 0.637. The van der Waals surface area contributed by atoms with Crippen LogP contribution in [0.2, 0.25) is 0 Å². The second-order valence-electron chi connectivity index (χ2n) is 2.54. The Morgan fingerprint density at radius 2 is 2.45 bits per heavy atom. The lowest BCUT2D eigenvalue weighted by atomic mass is 10.1. The number of hydrogen-bond donors (Lipinski definition) is 3. The first kappa shape index (κ1) is 8.45. The minimum atomic E-state index is -0.991. The molecule has 5 N–H and O–H groups in total. The SMILES string of the molecule is CC(O)(CN)c1cnc(N)s1. The van der Waals surface area contributed by atoms with Crippen LogP contribution in [0, 0.1) is 0 Å². The predicted octanol–water partition coefficient (Wildman–Crippen LogP) is -0.109. The number of hydrogen-bond acceptors (Lipinski definition) is 5. The molecule has 1 aromatic heterocycles. The van der Waals surface area contributed by atoms with E-state index >= 15 is 0 Å². The van der Waals surface area contributed by atoms with Gasteiger partial charge in [-0.15, -0.1) is 0 Å². The fraction of sp³-hybridized carbons (Fsp3) is 0.500. The Hall–Kier alpha value is -0.650. The second-order valence-corrected chi connectivity index (χ2v) is 3.60. The number of anilines is 1. The molecule has 0 aliphatic rings. The molecule has 0 amide bonds. The van der Waals surface area contributed by atoms with E-state index in [1.54, 1.807) is 13.1 Å². The molecule has 11 heavy (non-hydrogen) atoms. The number of thiazole rings is 1. The summed E-state index contributed by atoms with van der Waals surface area (Å²) in [5.41, 5.74) is 9.73. The highest BCUT2D eigenvalue weighted by Gasteiger charge is 2.23. The van der Waals surface area contributed by atoms with E-state index in [0.717, 1.165) is 0 Å². The average molecular weight is 173 g/mol. The first-order valence-corrected chi connectivity index (χ1v) is 4.02. The van der Waals surface area contributed by atoms with Crippen LogP contribution in [0.4, 0.5) is 5.13 Å². The summed E-state index contributed by atoms with van der Waals surface area (Å²) in [6.45, 7) is 1.81. The van der Waals surface area contributed by atoms with Crippen molar-refractivity contribution in [1.82, 2.24) is 4.98 Å². The Labute approximate surface area is 68.9 Å². The van der Waals surface area contributed by atoms with Gasteiger partial charge in [-0.05, 0) is 6.92 Å². The summed E-state index contributed by atoms with van der Waals surface area (Å²) in [5, 5.41) is 10.1. The van der Waals surface area contributed by atoms with Gasteiger partial charge >= 0.3 is 0 Å². The summed E-state index contributed by atoms with van der Waals surface area (Å²) in [6, 6.07) is 0. The van der Waals surface area contributed by atoms with Crippen LogP contribution in [-0.2, 0) is 5.60 Å². The molecule has 0 bridgehead atoms. The molecular formula is C6H11N3OS. The fourth-order valence-corrected chi connectivity index (χ4v) is 1.38. The zero-order valence-electron chi connectivity index (χ0n) is 6.24. The molecule has 0 spiro atoms. The van der Waals surface area contributed by atoms with Gasteiger partial charge in [-0.25, -0.2) is 4.98 Å². The van der Waals surface area contributed by atoms with Gasteiger partial charge in [0.25, 0.3) is 0 Å². The molecule has 0 saturated carbocycles. The van der Waals surface area contributed by atoms with Crippen molar-refractivity contribution in [3.05, 3.63) is 11.1 Å². The number of nitrogens with two attached hydrogens (primary N) is 2. The van der Waals surface area contributed by atoms with Gasteiger partial charge in [0.1, 0.15) is 5.60 Å². The maximum absolute atomic E-state index is 9.60. The third kappa shape index (κ3) is 1.68. The van der Waals surface area contributed by atoms with E-state index in [4.69, 9.17) is 11.5 Å². The number of nitrogen functional groups attached to an aromatic ring is 1. The number of rotatable bonds is 2. The van der Waals surface area contributed by atoms with Crippen molar-refractivity contribution >= 4 is 16.5 Å². The monoisotopic (exact) mass is 173 g/mol. The van der Waals surface area contributed by atoms with Crippen LogP contribution in [0.1, 0.15) is 11.8 Å². The lowest BCUT2D eigenvalue weighted by Gasteiger charge is -2.17. The van der Waals surface area contributed by atoms with Crippen molar-refractivity contribution in [2.24, 2.45) is 5.73 Å². The lowest BCUT2D eigenvalue weighted by molar-refractivity contribution is 0.0705. The van der Waals surface area contributed by atoms with E-state index in [1.807, 2.05) is 0 Å². The summed E-state index contributed by atoms with van der Waals surface area (Å²) in [5.74, 6) is 0. The smallest absolute Gasteiger partial charge is 0.180 e. The Morgan fingerprint density at radius 1 is 1.82 bits per heavy atom. The first-order valence-electron chi connectivity index (χ1n) is 3.20. The molecule has 62 valence electrons. The van der Waals surface area contributed by atoms with Crippen LogP contribution in [-0.4, -0.2) is 16.6 Å². The standard InChI is InChI=1S/C6H11N3OS/c1-6(10,3-7)4-2-9-5(8)11-4/h2,10H,3,7H2,1H3,(H2,8,9). The van der Waals surface area contributed by atoms with Gasteiger partial charge in [-0.1, -0.05) is 11.3 Å². The zero-order chi connectivity index (χ0) is 8.48. The Morgan fingerprint density at radius 3 is 2.82 bits per heavy atom. The van der Waals surface area contributed by atoms with E-state index in [9.17, 15) is 5.11 Å². The number of aromatic nitrogens is 1. The third-order valence-corrected chi connectivity index (χ3v) is 2.53. The minimum Gasteiger partial charge on any atom is -0.383 e. The van der Waals surface area contributed by atoms with Gasteiger partial charge < -0.3 is 16.6 Å². The van der Waals surface area contributed by atoms with Gasteiger partial charge in [0, 0.05) is 12.7 Å². The quantitative estimate of drug-likeness (QED) is 0.582. The Kier molecular flexibility index (Phi) is 2.12. The van der Waals surface area contributed by atoms with E-state index in [0.29, 0.717) is 10.0 Å². The molecule has 1 unspecified atom stereocenters. The normalized spacial score (nSPS) is 16.3. The van der Waals surface area contributed by atoms with Crippen LogP contribution in [0.3, 0.4) is 0 Å². The van der Waals surface area contributed by atoms with Crippen LogP contribution in [0.25, 0.3) is 0 Å². The highest BCUT2D eigenvalue weighted by molar-refractivity contribution is 7.15. The van der Waals surface area contributed by atoms with Crippen molar-refractivity contribution in [2.75, 3.05) is 12.3 Å². The third-order valence-electron chi connectivity index (χ3n) is 1.45. The molecule has 0 fully saturated rings. The van der Waals surface area contributed by atoms with Crippen molar-refractivity contribution in [1.29, 1.82) is 0 Å². The van der Waals surface area contributed by atoms with Gasteiger partial charge in [0.2, 0.25) is 0 Å². The van der Waals surface area contributed by atoms with Crippen LogP contribution < -0.4 is 11.5 Å². The summed E-state index contributed by atoms with van der Waals surface area (Å²) in [6.07, 6.45) is 1.55. The highest BCUT2D eigenvalue weighted by atomic mass is 32.1. The number of nitrogens with zero attached hydrogens (tertiary/aromatic N) is 1. The van der Waals surface area contributed by atoms with E-state index in [2.05, 4.69) is 4.98 Å². The average Bonchev–Trinajstić information content (AvgIpc) is 2.36. The molecule has 1 heterocycles. The minimum absolute atomic E-state index is 0.175. The summed E-state index contributed by atoms with van der Waals surface area (Å²) < 4.78 is 0. The van der Waals surface area contributed by atoms with Crippen molar-refractivity contribution in [2.45, 2.75) is 12.5 Å². The molecule has 1 aromatic rings. The van der Waals surface area contributed by atoms with Gasteiger partial charge in [-0.3, -0.25) is 0 Å². The number of aliphatic hydroxyl groups is 1. The van der Waals surface area contributed by atoms with Crippen LogP contribution in [0.15, 0.2) is 6.20 Å². The predicted molar refractivity (Wildman–Crippen MR) is 45.2 cm³/mol. The van der Waals surface area contributed by atoms with Crippen molar-refractivity contribution in [3.8, 4) is 0 Å². The van der Waals surface area contributed by atoms with Crippen molar-refractivity contribution in [3.63, 3.8) is 0 Å². The van der Waals surface area contributed by atoms with Crippen LogP contribution in [0.5, 0.6) is 0 Å². The van der Waals surface area contributed by atoms with Gasteiger partial charge in [0.15, 0.2) is 5.13 Å². The maximum atomic E-state index is 9.60. The van der Waals surface area contributed by atoms with Gasteiger partial charge in [0.05, 0.1) is 4.88 Å². The lowest BCUT2D eigenvalue weighted by Crippen LogP contribution is -2.30. The van der Waals surface area contributed by atoms with E-state index in [1.165, 1.54) is 11.3 Å². The second kappa shape index (κ2) is 2.77. The molecule has 5 heteroatoms. The highest BCUT2D eigenvalue weighted by Crippen LogP contribution is 2.26. The first-order chi connectivity index (χ1) is 5.06. The summed E-state index contributed by atoms with van der Waals surface area (Å²) >= 11 is 1.26. The molecule has 0 aliphatic carbocycles. The van der Waals surface area contributed by atoms with Crippen LogP contribution >= 0.6 is 11.3 Å². The molecule has 1 atom stereocenters. The Balaban J connectivity index is 2.92. The summed E-state index contributed by atoms with van der Waals surface area (Å²) in [4.78, 5) is 4.52. The van der Waals surface area contributed by atoms with Gasteiger partial charge in [-0.2, -0.15) is 0 Å². The molecular weight excluding hydrogens is 162 g/mol. The van der Waals surface area contributed by atoms with E-state index in [-0.39, 0.29) is 6.54 Å². The molecule has 1 rings (SSSR count). The van der Waals surface area contributed by atoms with Crippen molar-refractivity contribution < 1.29 is 5.11 Å². The van der Waals surface area contributed by atoms with E-state index < -0.39 is 5.60 Å². The Bertz CT molecular complexity index is 246. The molecule has 0 aromatic carbocycles. The molecule has 0 aliphatic heterocycles. The maximum Gasteiger partial charge on any atom is 0.180 e. The summed E-state index contributed by atoms with van der Waals surface area (Å²) in [7, 11) is 0. The topological polar surface area (TPSA) is 85.2 Å².